The largest absolute Gasteiger partial charge is 0.332 e. The molecule has 1 atom stereocenters. The van der Waals surface area contributed by atoms with E-state index in [4.69, 9.17) is 0 Å². The Labute approximate surface area is 125 Å². The number of piperazine rings is 1. The molecule has 0 aliphatic carbocycles. The molecule has 0 aromatic heterocycles. The zero-order valence-corrected chi connectivity index (χ0v) is 12.6. The molecule has 0 saturated carbocycles. The number of likely N-dealkylation sites (N-methyl/N-ethyl adjacent to an activating group) is 1. The van der Waals surface area contributed by atoms with Crippen molar-refractivity contribution in [3.8, 4) is 0 Å². The maximum absolute atomic E-state index is 12.6. The first-order chi connectivity index (χ1) is 10.1. The third-order valence-electron chi connectivity index (χ3n) is 4.40. The van der Waals surface area contributed by atoms with Crippen LogP contribution in [0.15, 0.2) is 24.3 Å². The van der Waals surface area contributed by atoms with Crippen LogP contribution in [0.4, 0.5) is 5.69 Å². The van der Waals surface area contributed by atoms with Gasteiger partial charge in [0.25, 0.3) is 0 Å². The highest BCUT2D eigenvalue weighted by Gasteiger charge is 2.36. The standard InChI is InChI=1S/C16H21N3O2/c1-12-11-13-5-3-4-6-14(13)19(12)16(21)15(20)18-9-7-17(2)8-10-18/h3-6,12H,7-11H2,1-2H3. The van der Waals surface area contributed by atoms with Crippen LogP contribution in [0.25, 0.3) is 0 Å². The molecule has 0 radical (unpaired) electrons. The van der Waals surface area contributed by atoms with Gasteiger partial charge in [0.2, 0.25) is 0 Å². The van der Waals surface area contributed by atoms with Crippen molar-refractivity contribution in [2.75, 3.05) is 38.1 Å². The van der Waals surface area contributed by atoms with Crippen molar-refractivity contribution in [1.82, 2.24) is 9.80 Å². The Bertz CT molecular complexity index is 564. The van der Waals surface area contributed by atoms with Crippen molar-refractivity contribution >= 4 is 17.5 Å². The molecular formula is C16H21N3O2. The number of para-hydroxylation sites is 1. The van der Waals surface area contributed by atoms with E-state index < -0.39 is 5.91 Å². The van der Waals surface area contributed by atoms with Crippen molar-refractivity contribution in [1.29, 1.82) is 0 Å². The van der Waals surface area contributed by atoms with Crippen LogP contribution in [-0.4, -0.2) is 60.9 Å². The summed E-state index contributed by atoms with van der Waals surface area (Å²) in [5, 5.41) is 0. The van der Waals surface area contributed by atoms with Crippen LogP contribution in [-0.2, 0) is 16.0 Å². The second kappa shape index (κ2) is 5.48. The molecule has 5 heteroatoms. The molecule has 1 aromatic rings. The molecule has 112 valence electrons. The van der Waals surface area contributed by atoms with Gasteiger partial charge in [0, 0.05) is 37.9 Å². The molecular weight excluding hydrogens is 266 g/mol. The maximum atomic E-state index is 12.6. The summed E-state index contributed by atoms with van der Waals surface area (Å²) >= 11 is 0. The predicted molar refractivity (Wildman–Crippen MR) is 81.2 cm³/mol. The third-order valence-corrected chi connectivity index (χ3v) is 4.40. The molecule has 0 bridgehead atoms. The lowest BCUT2D eigenvalue weighted by atomic mass is 10.1. The normalized spacial score (nSPS) is 22.3. The third kappa shape index (κ3) is 2.53. The number of carbonyl (C=O) groups excluding carboxylic acids is 2. The van der Waals surface area contributed by atoms with Gasteiger partial charge in [-0.3, -0.25) is 9.59 Å². The van der Waals surface area contributed by atoms with Crippen molar-refractivity contribution in [3.05, 3.63) is 29.8 Å². The lowest BCUT2D eigenvalue weighted by Gasteiger charge is -2.33. The highest BCUT2D eigenvalue weighted by molar-refractivity contribution is 6.40. The zero-order valence-electron chi connectivity index (χ0n) is 12.6. The van der Waals surface area contributed by atoms with Gasteiger partial charge in [-0.15, -0.1) is 0 Å². The minimum Gasteiger partial charge on any atom is -0.332 e. The van der Waals surface area contributed by atoms with Gasteiger partial charge in [0.15, 0.2) is 0 Å². The number of anilines is 1. The minimum absolute atomic E-state index is 0.0475. The summed E-state index contributed by atoms with van der Waals surface area (Å²) in [6.45, 7) is 4.90. The highest BCUT2D eigenvalue weighted by atomic mass is 16.2. The molecule has 2 aliphatic heterocycles. The first-order valence-corrected chi connectivity index (χ1v) is 7.47. The van der Waals surface area contributed by atoms with E-state index in [2.05, 4.69) is 4.90 Å². The molecule has 2 aliphatic rings. The summed E-state index contributed by atoms with van der Waals surface area (Å²) in [7, 11) is 2.03. The quantitative estimate of drug-likeness (QED) is 0.661. The Morgan fingerprint density at radius 1 is 1.05 bits per heavy atom. The van der Waals surface area contributed by atoms with Crippen LogP contribution >= 0.6 is 0 Å². The molecule has 2 amide bonds. The van der Waals surface area contributed by atoms with Crippen molar-refractivity contribution in [3.63, 3.8) is 0 Å². The van der Waals surface area contributed by atoms with E-state index in [0.717, 1.165) is 30.8 Å². The van der Waals surface area contributed by atoms with E-state index in [1.807, 2.05) is 38.2 Å². The molecule has 3 rings (SSSR count). The van der Waals surface area contributed by atoms with Crippen molar-refractivity contribution in [2.24, 2.45) is 0 Å². The summed E-state index contributed by atoms with van der Waals surface area (Å²) < 4.78 is 0. The monoisotopic (exact) mass is 287 g/mol. The second-order valence-corrected chi connectivity index (χ2v) is 5.95. The van der Waals surface area contributed by atoms with Gasteiger partial charge < -0.3 is 14.7 Å². The first kappa shape index (κ1) is 14.1. The summed E-state index contributed by atoms with van der Waals surface area (Å²) in [6.07, 6.45) is 0.817. The number of amides is 2. The maximum Gasteiger partial charge on any atom is 0.316 e. The summed E-state index contributed by atoms with van der Waals surface area (Å²) in [5.41, 5.74) is 2.03. The van der Waals surface area contributed by atoms with Gasteiger partial charge in [-0.1, -0.05) is 18.2 Å². The van der Waals surface area contributed by atoms with Crippen LogP contribution in [0.1, 0.15) is 12.5 Å². The Morgan fingerprint density at radius 3 is 2.43 bits per heavy atom. The van der Waals surface area contributed by atoms with Crippen molar-refractivity contribution in [2.45, 2.75) is 19.4 Å². The summed E-state index contributed by atoms with van der Waals surface area (Å²) in [5.74, 6) is -0.761. The molecule has 21 heavy (non-hydrogen) atoms. The number of carbonyl (C=O) groups is 2. The number of fused-ring (bicyclic) bond motifs is 1. The smallest absolute Gasteiger partial charge is 0.316 e. The molecule has 0 N–H and O–H groups in total. The minimum atomic E-state index is -0.392. The Morgan fingerprint density at radius 2 is 1.71 bits per heavy atom. The summed E-state index contributed by atoms with van der Waals surface area (Å²) in [4.78, 5) is 30.6. The van der Waals surface area contributed by atoms with Crippen LogP contribution in [0.5, 0.6) is 0 Å². The molecule has 1 unspecified atom stereocenters. The molecule has 5 nitrogen and oxygen atoms in total. The van der Waals surface area contributed by atoms with E-state index in [9.17, 15) is 9.59 Å². The van der Waals surface area contributed by atoms with E-state index >= 15 is 0 Å². The van der Waals surface area contributed by atoms with Crippen LogP contribution in [0.3, 0.4) is 0 Å². The van der Waals surface area contributed by atoms with Gasteiger partial charge in [0.1, 0.15) is 0 Å². The number of nitrogens with zero attached hydrogens (tertiary/aromatic N) is 3. The Balaban J connectivity index is 1.77. The van der Waals surface area contributed by atoms with Gasteiger partial charge in [-0.2, -0.15) is 0 Å². The average Bonchev–Trinajstić information content (AvgIpc) is 2.82. The fraction of sp³-hybridized carbons (Fsp3) is 0.500. The SMILES string of the molecule is CC1Cc2ccccc2N1C(=O)C(=O)N1CCN(C)CC1. The summed E-state index contributed by atoms with van der Waals surface area (Å²) in [6, 6.07) is 7.89. The Kier molecular flexibility index (Phi) is 3.68. The molecule has 1 saturated heterocycles. The van der Waals surface area contributed by atoms with E-state index in [1.165, 1.54) is 0 Å². The zero-order chi connectivity index (χ0) is 15.0. The van der Waals surface area contributed by atoms with Gasteiger partial charge >= 0.3 is 11.8 Å². The number of rotatable bonds is 0. The lowest BCUT2D eigenvalue weighted by Crippen LogP contribution is -2.53. The molecule has 1 aromatic carbocycles. The average molecular weight is 287 g/mol. The van der Waals surface area contributed by atoms with E-state index in [1.54, 1.807) is 9.80 Å². The van der Waals surface area contributed by atoms with E-state index in [-0.39, 0.29) is 11.9 Å². The topological polar surface area (TPSA) is 43.9 Å². The van der Waals surface area contributed by atoms with Gasteiger partial charge in [-0.05, 0) is 32.0 Å². The van der Waals surface area contributed by atoms with Crippen molar-refractivity contribution < 1.29 is 9.59 Å². The fourth-order valence-corrected chi connectivity index (χ4v) is 3.12. The van der Waals surface area contributed by atoms with Crippen LogP contribution in [0, 0.1) is 0 Å². The fourth-order valence-electron chi connectivity index (χ4n) is 3.12. The number of hydrogen-bond donors (Lipinski definition) is 0. The van der Waals surface area contributed by atoms with Crippen LogP contribution < -0.4 is 4.90 Å². The first-order valence-electron chi connectivity index (χ1n) is 7.47. The van der Waals surface area contributed by atoms with Gasteiger partial charge in [0.05, 0.1) is 0 Å². The molecule has 0 spiro atoms. The lowest BCUT2D eigenvalue weighted by molar-refractivity contribution is -0.145. The number of hydrogen-bond acceptors (Lipinski definition) is 3. The molecule has 1 fully saturated rings. The van der Waals surface area contributed by atoms with Crippen LogP contribution in [0.2, 0.25) is 0 Å². The number of benzene rings is 1. The Hall–Kier alpha value is -1.88. The second-order valence-electron chi connectivity index (χ2n) is 5.95. The van der Waals surface area contributed by atoms with E-state index in [0.29, 0.717) is 13.1 Å². The molecule has 2 heterocycles. The highest BCUT2D eigenvalue weighted by Crippen LogP contribution is 2.32. The van der Waals surface area contributed by atoms with Gasteiger partial charge in [-0.25, -0.2) is 0 Å². The predicted octanol–water partition coefficient (Wildman–Crippen LogP) is 0.738.